The Morgan fingerprint density at radius 2 is 1.38 bits per heavy atom. The number of hydrogen-bond donors (Lipinski definition) is 0. The summed E-state index contributed by atoms with van der Waals surface area (Å²) in [7, 11) is 1.63. The highest BCUT2D eigenvalue weighted by Gasteiger charge is 2.29. The fourth-order valence-electron chi connectivity index (χ4n) is 4.66. The van der Waals surface area contributed by atoms with E-state index in [-0.39, 0.29) is 11.7 Å². The Hall–Kier alpha value is -3.48. The summed E-state index contributed by atoms with van der Waals surface area (Å²) in [5, 5.41) is 0. The third-order valence-electron chi connectivity index (χ3n) is 6.70. The summed E-state index contributed by atoms with van der Waals surface area (Å²) in [5.41, 5.74) is 5.09. The van der Waals surface area contributed by atoms with Crippen molar-refractivity contribution in [1.29, 1.82) is 0 Å². The van der Waals surface area contributed by atoms with E-state index in [2.05, 4.69) is 50.7 Å². The number of carbonyl (C=O) groups is 1. The highest BCUT2D eigenvalue weighted by Crippen LogP contribution is 2.43. The lowest BCUT2D eigenvalue weighted by atomic mass is 9.84. The smallest absolute Gasteiger partial charge is 0.178 e. The van der Waals surface area contributed by atoms with E-state index in [0.29, 0.717) is 22.8 Å². The molecule has 39 heavy (non-hydrogen) atoms. The summed E-state index contributed by atoms with van der Waals surface area (Å²) >= 11 is 7.35. The van der Waals surface area contributed by atoms with Gasteiger partial charge in [-0.2, -0.15) is 0 Å². The van der Waals surface area contributed by atoms with Crippen molar-refractivity contribution in [3.05, 3.63) is 134 Å². The van der Waals surface area contributed by atoms with Crippen LogP contribution in [0.5, 0.6) is 17.2 Å². The van der Waals surface area contributed by atoms with Crippen LogP contribution in [0.15, 0.2) is 111 Å². The minimum Gasteiger partial charge on any atom is -0.496 e. The molecule has 6 heteroatoms. The zero-order valence-corrected chi connectivity index (χ0v) is 25.0. The van der Waals surface area contributed by atoms with Crippen LogP contribution in [-0.4, -0.2) is 18.6 Å². The van der Waals surface area contributed by atoms with Gasteiger partial charge >= 0.3 is 0 Å². The van der Waals surface area contributed by atoms with Crippen LogP contribution < -0.4 is 9.47 Å². The van der Waals surface area contributed by atoms with Gasteiger partial charge in [0, 0.05) is 17.3 Å². The van der Waals surface area contributed by atoms with Gasteiger partial charge in [-0.3, -0.25) is 9.79 Å². The summed E-state index contributed by atoms with van der Waals surface area (Å²) in [6.07, 6.45) is 3.72. The van der Waals surface area contributed by atoms with Gasteiger partial charge in [-0.15, -0.1) is 0 Å². The standard InChI is InChI=1S/C33H27Br2NO3/c1-20(2)24-18-30(39-33-26(34)16-23(17-27(33)35)28-14-15-36-28)25(19-29(24)38-3)32(37)31(21-10-6-4-7-11-21)22-12-8-5-9-13-22/h4-20,31H,1-3H3. The number of hydrogen-bond acceptors (Lipinski definition) is 4. The summed E-state index contributed by atoms with van der Waals surface area (Å²) < 4.78 is 13.8. The summed E-state index contributed by atoms with van der Waals surface area (Å²) in [6.45, 7) is 4.18. The SMILES string of the molecule is COc1cc(C(=O)C(c2ccccc2)c2ccccc2)c(Oc2c(Br)cc(C3=NC=C3)cc2Br)cc1C(C)C. The third-order valence-corrected chi connectivity index (χ3v) is 7.88. The highest BCUT2D eigenvalue weighted by molar-refractivity contribution is 9.11. The molecule has 0 unspecified atom stereocenters. The van der Waals surface area contributed by atoms with E-state index in [9.17, 15) is 4.79 Å². The largest absolute Gasteiger partial charge is 0.496 e. The first-order chi connectivity index (χ1) is 18.9. The van der Waals surface area contributed by atoms with Gasteiger partial charge in [0.25, 0.3) is 0 Å². The van der Waals surface area contributed by atoms with E-state index in [0.717, 1.165) is 36.9 Å². The molecule has 4 nitrogen and oxygen atoms in total. The number of benzene rings is 4. The normalized spacial score (nSPS) is 12.3. The molecule has 0 fully saturated rings. The Kier molecular flexibility index (Phi) is 8.15. The van der Waals surface area contributed by atoms with Gasteiger partial charge in [0.05, 0.1) is 33.2 Å². The molecule has 0 saturated carbocycles. The van der Waals surface area contributed by atoms with Crippen molar-refractivity contribution < 1.29 is 14.3 Å². The number of halogens is 2. The summed E-state index contributed by atoms with van der Waals surface area (Å²) in [6, 6.07) is 27.3. The van der Waals surface area contributed by atoms with Crippen molar-refractivity contribution in [3.8, 4) is 17.2 Å². The van der Waals surface area contributed by atoms with Crippen LogP contribution in [0.3, 0.4) is 0 Å². The van der Waals surface area contributed by atoms with Gasteiger partial charge in [0.1, 0.15) is 11.5 Å². The van der Waals surface area contributed by atoms with Crippen LogP contribution in [0, 0.1) is 0 Å². The Balaban J connectivity index is 1.65. The second kappa shape index (κ2) is 11.7. The maximum absolute atomic E-state index is 14.5. The Labute approximate surface area is 245 Å². The molecule has 5 rings (SSSR count). The molecule has 0 bridgehead atoms. The van der Waals surface area contributed by atoms with Crippen LogP contribution in [0.4, 0.5) is 0 Å². The van der Waals surface area contributed by atoms with Gasteiger partial charge in [-0.25, -0.2) is 0 Å². The van der Waals surface area contributed by atoms with E-state index in [1.165, 1.54) is 0 Å². The molecule has 1 heterocycles. The number of methoxy groups -OCH3 is 1. The maximum Gasteiger partial charge on any atom is 0.178 e. The Morgan fingerprint density at radius 3 is 1.85 bits per heavy atom. The molecule has 1 aliphatic heterocycles. The van der Waals surface area contributed by atoms with Crippen molar-refractivity contribution >= 4 is 43.4 Å². The van der Waals surface area contributed by atoms with Crippen molar-refractivity contribution in [2.24, 2.45) is 4.99 Å². The number of carbonyl (C=O) groups excluding carboxylic acids is 1. The number of ketones is 1. The number of ether oxygens (including phenoxy) is 2. The first-order valence-electron chi connectivity index (χ1n) is 12.6. The number of nitrogens with zero attached hydrogens (tertiary/aromatic N) is 1. The molecule has 0 amide bonds. The highest BCUT2D eigenvalue weighted by atomic mass is 79.9. The molecule has 196 valence electrons. The first-order valence-corrected chi connectivity index (χ1v) is 14.2. The average molecular weight is 645 g/mol. The lowest BCUT2D eigenvalue weighted by molar-refractivity contribution is 0.0971. The minimum absolute atomic E-state index is 0.0752. The molecule has 0 aliphatic carbocycles. The molecule has 0 atom stereocenters. The van der Waals surface area contributed by atoms with Gasteiger partial charge in [-0.05, 0) is 79.2 Å². The molecule has 4 aromatic carbocycles. The lowest BCUT2D eigenvalue weighted by Gasteiger charge is -2.22. The van der Waals surface area contributed by atoms with Gasteiger partial charge < -0.3 is 9.47 Å². The molecule has 0 aromatic heterocycles. The molecule has 0 radical (unpaired) electrons. The average Bonchev–Trinajstić information content (AvgIpc) is 2.90. The molecule has 0 spiro atoms. The molecule has 4 aromatic rings. The quantitative estimate of drug-likeness (QED) is 0.171. The number of rotatable bonds is 9. The minimum atomic E-state index is -0.512. The molecule has 0 N–H and O–H groups in total. The van der Waals surface area contributed by atoms with Crippen LogP contribution in [0.2, 0.25) is 0 Å². The van der Waals surface area contributed by atoms with Gasteiger partial charge in [-0.1, -0.05) is 74.5 Å². The van der Waals surface area contributed by atoms with Crippen molar-refractivity contribution in [1.82, 2.24) is 0 Å². The lowest BCUT2D eigenvalue weighted by Crippen LogP contribution is -2.16. The van der Waals surface area contributed by atoms with E-state index in [1.54, 1.807) is 13.3 Å². The third kappa shape index (κ3) is 5.63. The fraction of sp³-hybridized carbons (Fsp3) is 0.152. The molecular formula is C33H27Br2NO3. The second-order valence-corrected chi connectivity index (χ2v) is 11.3. The second-order valence-electron chi connectivity index (χ2n) is 9.56. The maximum atomic E-state index is 14.5. The topological polar surface area (TPSA) is 47.9 Å². The van der Waals surface area contributed by atoms with Crippen LogP contribution in [0.25, 0.3) is 0 Å². The number of allylic oxidation sites excluding steroid dienone is 1. The predicted molar refractivity (Wildman–Crippen MR) is 164 cm³/mol. The zero-order chi connectivity index (χ0) is 27.5. The van der Waals surface area contributed by atoms with Crippen molar-refractivity contribution in [2.75, 3.05) is 7.11 Å². The molecule has 0 saturated heterocycles. The Morgan fingerprint density at radius 1 is 0.821 bits per heavy atom. The Bertz CT molecular complexity index is 1520. The van der Waals surface area contributed by atoms with Gasteiger partial charge in [0.2, 0.25) is 0 Å². The molecular weight excluding hydrogens is 618 g/mol. The summed E-state index contributed by atoms with van der Waals surface area (Å²) in [5.74, 6) is 1.27. The first kappa shape index (κ1) is 27.1. The van der Waals surface area contributed by atoms with E-state index >= 15 is 0 Å². The van der Waals surface area contributed by atoms with Crippen molar-refractivity contribution in [3.63, 3.8) is 0 Å². The fourth-order valence-corrected chi connectivity index (χ4v) is 6.01. The number of aliphatic imine (C=N–C) groups is 1. The van der Waals surface area contributed by atoms with E-state index in [1.807, 2.05) is 91.0 Å². The van der Waals surface area contributed by atoms with Crippen LogP contribution in [0.1, 0.15) is 58.3 Å². The van der Waals surface area contributed by atoms with Crippen LogP contribution >= 0.6 is 31.9 Å². The van der Waals surface area contributed by atoms with E-state index in [4.69, 9.17) is 9.47 Å². The number of Topliss-reactive ketones (excluding diaryl/α,β-unsaturated/α-hetero) is 1. The van der Waals surface area contributed by atoms with Gasteiger partial charge in [0.15, 0.2) is 11.5 Å². The monoisotopic (exact) mass is 643 g/mol. The van der Waals surface area contributed by atoms with Crippen molar-refractivity contribution in [2.45, 2.75) is 25.7 Å². The van der Waals surface area contributed by atoms with Crippen LogP contribution in [-0.2, 0) is 0 Å². The van der Waals surface area contributed by atoms with E-state index < -0.39 is 5.92 Å². The molecule has 1 aliphatic rings. The zero-order valence-electron chi connectivity index (χ0n) is 21.8. The summed E-state index contributed by atoms with van der Waals surface area (Å²) in [4.78, 5) is 18.8. The predicted octanol–water partition coefficient (Wildman–Crippen LogP) is 9.47.